The van der Waals surface area contributed by atoms with E-state index in [1.165, 1.54) is 52.0 Å². The van der Waals surface area contributed by atoms with Crippen LogP contribution >= 0.6 is 12.4 Å². The second-order valence-electron chi connectivity index (χ2n) is 6.76. The van der Waals surface area contributed by atoms with Crippen molar-refractivity contribution in [3.05, 3.63) is 0 Å². The van der Waals surface area contributed by atoms with Crippen LogP contribution < -0.4 is 5.32 Å². The van der Waals surface area contributed by atoms with Crippen molar-refractivity contribution in [1.29, 1.82) is 0 Å². The molecule has 1 N–H and O–H groups in total. The second-order valence-corrected chi connectivity index (χ2v) is 6.76. The highest BCUT2D eigenvalue weighted by atomic mass is 35.5. The van der Waals surface area contributed by atoms with Crippen LogP contribution in [0.3, 0.4) is 0 Å². The third-order valence-corrected chi connectivity index (χ3v) is 4.03. The number of halogens is 1. The number of likely N-dealkylation sites (tertiary alicyclic amines) is 1. The van der Waals surface area contributed by atoms with E-state index in [4.69, 9.17) is 0 Å². The van der Waals surface area contributed by atoms with Gasteiger partial charge in [0, 0.05) is 13.1 Å². The lowest BCUT2D eigenvalue weighted by Crippen LogP contribution is -2.31. The van der Waals surface area contributed by atoms with Gasteiger partial charge in [0.25, 0.3) is 0 Å². The van der Waals surface area contributed by atoms with E-state index in [1.54, 1.807) is 0 Å². The monoisotopic (exact) mass is 246 g/mol. The largest absolute Gasteiger partial charge is 0.316 e. The summed E-state index contributed by atoms with van der Waals surface area (Å²) in [4.78, 5) is 2.68. The maximum absolute atomic E-state index is 3.52. The van der Waals surface area contributed by atoms with Crippen LogP contribution in [0.5, 0.6) is 0 Å². The molecule has 1 atom stereocenters. The highest BCUT2D eigenvalue weighted by Gasteiger charge is 2.40. The Morgan fingerprint density at radius 1 is 1.25 bits per heavy atom. The third kappa shape index (κ3) is 3.61. The van der Waals surface area contributed by atoms with Gasteiger partial charge in [-0.15, -0.1) is 12.4 Å². The highest BCUT2D eigenvalue weighted by molar-refractivity contribution is 5.85. The molecule has 2 saturated heterocycles. The van der Waals surface area contributed by atoms with Crippen LogP contribution in [-0.4, -0.2) is 37.6 Å². The fourth-order valence-electron chi connectivity index (χ4n) is 2.86. The summed E-state index contributed by atoms with van der Waals surface area (Å²) < 4.78 is 0. The van der Waals surface area contributed by atoms with Crippen molar-refractivity contribution in [2.45, 2.75) is 40.0 Å². The van der Waals surface area contributed by atoms with Crippen LogP contribution in [0.15, 0.2) is 0 Å². The molecule has 96 valence electrons. The van der Waals surface area contributed by atoms with E-state index in [9.17, 15) is 0 Å². The van der Waals surface area contributed by atoms with E-state index >= 15 is 0 Å². The number of nitrogens with one attached hydrogen (secondary N) is 1. The van der Waals surface area contributed by atoms with Crippen LogP contribution in [0.1, 0.15) is 40.0 Å². The number of hydrogen-bond acceptors (Lipinski definition) is 2. The molecule has 2 nitrogen and oxygen atoms in total. The van der Waals surface area contributed by atoms with Crippen molar-refractivity contribution in [2.24, 2.45) is 10.8 Å². The summed E-state index contributed by atoms with van der Waals surface area (Å²) in [6.07, 6.45) is 4.15. The highest BCUT2D eigenvalue weighted by Crippen LogP contribution is 2.36. The first-order chi connectivity index (χ1) is 6.99. The Bertz CT molecular complexity index is 216. The maximum atomic E-state index is 3.52. The van der Waals surface area contributed by atoms with Crippen LogP contribution in [0.25, 0.3) is 0 Å². The fourth-order valence-corrected chi connectivity index (χ4v) is 2.86. The van der Waals surface area contributed by atoms with E-state index in [0.717, 1.165) is 0 Å². The molecule has 0 aliphatic carbocycles. The lowest BCUT2D eigenvalue weighted by atomic mass is 9.86. The van der Waals surface area contributed by atoms with E-state index < -0.39 is 0 Å². The predicted octanol–water partition coefficient (Wildman–Crippen LogP) is 2.53. The average molecular weight is 247 g/mol. The summed E-state index contributed by atoms with van der Waals surface area (Å²) >= 11 is 0. The molecule has 0 saturated carbocycles. The lowest BCUT2D eigenvalue weighted by Gasteiger charge is -2.25. The molecule has 0 amide bonds. The van der Waals surface area contributed by atoms with Crippen LogP contribution in [0.4, 0.5) is 0 Å². The normalized spacial score (nSPS) is 30.9. The first-order valence-electron chi connectivity index (χ1n) is 6.42. The first kappa shape index (κ1) is 14.3. The van der Waals surface area contributed by atoms with Gasteiger partial charge in [0.1, 0.15) is 0 Å². The molecule has 2 rings (SSSR count). The van der Waals surface area contributed by atoms with Gasteiger partial charge in [-0.25, -0.2) is 0 Å². The SMILES string of the molecule is CC(C)(C)CCN1CCC2(CCNC2)C1.Cl. The fraction of sp³-hybridized carbons (Fsp3) is 1.00. The lowest BCUT2D eigenvalue weighted by molar-refractivity contribution is 0.236. The van der Waals surface area contributed by atoms with Gasteiger partial charge in [0.15, 0.2) is 0 Å². The minimum atomic E-state index is 0. The Balaban J connectivity index is 0.00000128. The topological polar surface area (TPSA) is 15.3 Å². The van der Waals surface area contributed by atoms with Crippen LogP contribution in [0, 0.1) is 10.8 Å². The molecule has 0 aromatic rings. The van der Waals surface area contributed by atoms with E-state index in [0.29, 0.717) is 10.8 Å². The number of nitrogens with zero attached hydrogens (tertiary/aromatic N) is 1. The minimum Gasteiger partial charge on any atom is -0.316 e. The van der Waals surface area contributed by atoms with Gasteiger partial charge in [-0.05, 0) is 49.7 Å². The zero-order valence-corrected chi connectivity index (χ0v) is 11.8. The molecule has 3 heteroatoms. The van der Waals surface area contributed by atoms with E-state index in [2.05, 4.69) is 31.0 Å². The first-order valence-corrected chi connectivity index (χ1v) is 6.42. The van der Waals surface area contributed by atoms with Gasteiger partial charge in [-0.3, -0.25) is 0 Å². The Morgan fingerprint density at radius 3 is 2.56 bits per heavy atom. The van der Waals surface area contributed by atoms with E-state index in [1.807, 2.05) is 0 Å². The second kappa shape index (κ2) is 5.24. The standard InChI is InChI=1S/C13H26N2.ClH/c1-12(2,3)5-8-15-9-6-13(11-15)4-7-14-10-13;/h14H,4-11H2,1-3H3;1H. The van der Waals surface area contributed by atoms with Gasteiger partial charge >= 0.3 is 0 Å². The molecule has 16 heavy (non-hydrogen) atoms. The van der Waals surface area contributed by atoms with Crippen LogP contribution in [0.2, 0.25) is 0 Å². The molecule has 0 radical (unpaired) electrons. The molecule has 1 spiro atoms. The van der Waals surface area contributed by atoms with Gasteiger partial charge in [-0.1, -0.05) is 20.8 Å². The van der Waals surface area contributed by atoms with Crippen molar-refractivity contribution in [1.82, 2.24) is 10.2 Å². The summed E-state index contributed by atoms with van der Waals surface area (Å²) in [6.45, 7) is 13.5. The van der Waals surface area contributed by atoms with Gasteiger partial charge in [-0.2, -0.15) is 0 Å². The molecule has 1 unspecified atom stereocenters. The molecular weight excluding hydrogens is 220 g/mol. The van der Waals surface area contributed by atoms with Gasteiger partial charge in [0.2, 0.25) is 0 Å². The molecule has 2 aliphatic rings. The third-order valence-electron chi connectivity index (χ3n) is 4.03. The summed E-state index contributed by atoms with van der Waals surface area (Å²) in [5.41, 5.74) is 1.14. The molecule has 2 fully saturated rings. The maximum Gasteiger partial charge on any atom is 0.00511 e. The predicted molar refractivity (Wildman–Crippen MR) is 72.3 cm³/mol. The molecule has 0 aromatic carbocycles. The zero-order valence-electron chi connectivity index (χ0n) is 11.0. The number of hydrogen-bond donors (Lipinski definition) is 1. The van der Waals surface area contributed by atoms with Crippen molar-refractivity contribution < 1.29 is 0 Å². The Morgan fingerprint density at radius 2 is 2.00 bits per heavy atom. The smallest absolute Gasteiger partial charge is 0.00511 e. The molecule has 2 heterocycles. The van der Waals surface area contributed by atoms with Crippen molar-refractivity contribution in [3.63, 3.8) is 0 Å². The Labute approximate surface area is 107 Å². The van der Waals surface area contributed by atoms with Gasteiger partial charge in [0.05, 0.1) is 0 Å². The molecule has 0 aromatic heterocycles. The van der Waals surface area contributed by atoms with Crippen LogP contribution in [-0.2, 0) is 0 Å². The summed E-state index contributed by atoms with van der Waals surface area (Å²) in [5, 5.41) is 3.52. The molecule has 0 bridgehead atoms. The summed E-state index contributed by atoms with van der Waals surface area (Å²) in [7, 11) is 0. The van der Waals surface area contributed by atoms with E-state index in [-0.39, 0.29) is 12.4 Å². The Kier molecular flexibility index (Phi) is 4.67. The quantitative estimate of drug-likeness (QED) is 0.806. The van der Waals surface area contributed by atoms with Gasteiger partial charge < -0.3 is 10.2 Å². The Hall–Kier alpha value is 0.210. The number of rotatable bonds is 2. The molecule has 2 aliphatic heterocycles. The van der Waals surface area contributed by atoms with Crippen molar-refractivity contribution >= 4 is 12.4 Å². The summed E-state index contributed by atoms with van der Waals surface area (Å²) in [5.74, 6) is 0. The van der Waals surface area contributed by atoms with Crippen molar-refractivity contribution in [3.8, 4) is 0 Å². The zero-order chi connectivity index (χ0) is 10.9. The summed E-state index contributed by atoms with van der Waals surface area (Å²) in [6, 6.07) is 0. The minimum absolute atomic E-state index is 0. The average Bonchev–Trinajstić information content (AvgIpc) is 2.73. The molecular formula is C13H27ClN2. The van der Waals surface area contributed by atoms with Crippen molar-refractivity contribution in [2.75, 3.05) is 32.7 Å².